The summed E-state index contributed by atoms with van der Waals surface area (Å²) in [5, 5.41) is 0. The Hall–Kier alpha value is -1.31. The number of hydrogen-bond donors (Lipinski definition) is 0. The van der Waals surface area contributed by atoms with E-state index in [4.69, 9.17) is 4.74 Å². The van der Waals surface area contributed by atoms with Gasteiger partial charge in [0.2, 0.25) is 0 Å². The van der Waals surface area contributed by atoms with Crippen LogP contribution < -0.4 is 0 Å². The van der Waals surface area contributed by atoms with E-state index in [1.165, 1.54) is 64.2 Å². The van der Waals surface area contributed by atoms with Gasteiger partial charge in [0.05, 0.1) is 5.56 Å². The van der Waals surface area contributed by atoms with Crippen LogP contribution in [0.5, 0.6) is 0 Å². The molecule has 4 saturated carbocycles. The minimum Gasteiger partial charge on any atom is -0.459 e. The molecule has 2 heteroatoms. The molecule has 9 atom stereocenters. The highest BCUT2D eigenvalue weighted by Crippen LogP contribution is 2.68. The zero-order valence-electron chi connectivity index (χ0n) is 23.8. The molecule has 0 radical (unpaired) electrons. The molecule has 5 rings (SSSR count). The van der Waals surface area contributed by atoms with Crippen molar-refractivity contribution in [3.05, 3.63) is 35.9 Å². The maximum Gasteiger partial charge on any atom is 0.338 e. The third kappa shape index (κ3) is 4.80. The second-order valence-electron chi connectivity index (χ2n) is 14.4. The fraction of sp³-hybridized carbons (Fsp3) is 0.794. The van der Waals surface area contributed by atoms with Crippen molar-refractivity contribution in [1.82, 2.24) is 0 Å². The van der Waals surface area contributed by atoms with Gasteiger partial charge in [-0.2, -0.15) is 0 Å². The summed E-state index contributed by atoms with van der Waals surface area (Å²) in [6, 6.07) is 9.55. The predicted molar refractivity (Wildman–Crippen MR) is 149 cm³/mol. The molecule has 0 bridgehead atoms. The topological polar surface area (TPSA) is 26.3 Å². The Kier molecular flexibility index (Phi) is 7.64. The molecule has 0 amide bonds. The first-order chi connectivity index (χ1) is 17.2. The van der Waals surface area contributed by atoms with Crippen LogP contribution in [0.25, 0.3) is 0 Å². The predicted octanol–water partition coefficient (Wildman–Crippen LogP) is 9.33. The van der Waals surface area contributed by atoms with Crippen LogP contribution in [0.3, 0.4) is 0 Å². The number of rotatable bonds is 7. The van der Waals surface area contributed by atoms with Crippen molar-refractivity contribution >= 4 is 5.97 Å². The van der Waals surface area contributed by atoms with E-state index in [0.29, 0.717) is 16.4 Å². The molecular weight excluding hydrogens is 440 g/mol. The molecule has 4 unspecified atom stereocenters. The molecule has 1 aromatic rings. The molecular formula is C34H52O2. The Morgan fingerprint density at radius 2 is 1.61 bits per heavy atom. The maximum atomic E-state index is 12.7. The molecule has 4 aliphatic carbocycles. The fourth-order valence-corrected chi connectivity index (χ4v) is 10.1. The van der Waals surface area contributed by atoms with Crippen LogP contribution in [0.2, 0.25) is 0 Å². The number of benzene rings is 1. The van der Waals surface area contributed by atoms with E-state index in [9.17, 15) is 4.79 Å². The van der Waals surface area contributed by atoms with Crippen molar-refractivity contribution in [2.24, 2.45) is 52.3 Å². The van der Waals surface area contributed by atoms with Crippen LogP contribution in [0.4, 0.5) is 0 Å². The van der Waals surface area contributed by atoms with Gasteiger partial charge in [-0.25, -0.2) is 4.79 Å². The zero-order chi connectivity index (χ0) is 25.5. The molecule has 4 aliphatic rings. The normalized spacial score (nSPS) is 40.7. The molecule has 2 nitrogen and oxygen atoms in total. The third-order valence-corrected chi connectivity index (χ3v) is 12.1. The van der Waals surface area contributed by atoms with Gasteiger partial charge in [-0.1, -0.05) is 72.1 Å². The first-order valence-electron chi connectivity index (χ1n) is 15.5. The number of esters is 1. The average Bonchev–Trinajstić information content (AvgIpc) is 3.22. The first kappa shape index (κ1) is 26.3. The summed E-state index contributed by atoms with van der Waals surface area (Å²) in [6.45, 7) is 12.7. The summed E-state index contributed by atoms with van der Waals surface area (Å²) in [5.41, 5.74) is 1.71. The number of hydrogen-bond acceptors (Lipinski definition) is 2. The van der Waals surface area contributed by atoms with Gasteiger partial charge in [-0.3, -0.25) is 0 Å². The maximum absolute atomic E-state index is 12.7. The van der Waals surface area contributed by atoms with Crippen LogP contribution in [0.1, 0.15) is 122 Å². The van der Waals surface area contributed by atoms with Crippen LogP contribution in [-0.2, 0) is 4.74 Å². The molecule has 200 valence electrons. The summed E-state index contributed by atoms with van der Waals surface area (Å²) >= 11 is 0. The van der Waals surface area contributed by atoms with Crippen molar-refractivity contribution in [3.63, 3.8) is 0 Å². The zero-order valence-corrected chi connectivity index (χ0v) is 23.8. The molecule has 4 fully saturated rings. The van der Waals surface area contributed by atoms with Crippen LogP contribution in [0, 0.1) is 52.3 Å². The second-order valence-corrected chi connectivity index (χ2v) is 14.4. The van der Waals surface area contributed by atoms with E-state index < -0.39 is 0 Å². The monoisotopic (exact) mass is 492 g/mol. The number of ether oxygens (including phenoxy) is 1. The number of fused-ring (bicyclic) bond motifs is 5. The minimum absolute atomic E-state index is 0.101. The standard InChI is InChI=1S/C34H52O2/c1-23(2)10-9-11-24(3)29-16-17-30-28-15-14-26-22-27(36-32(35)25-12-7-6-8-13-25)18-20-33(26,4)31(28)19-21-34(29,30)5/h6-8,12-13,23-24,26-31H,9-11,14-22H2,1-5H3/t24-,26+,27+,28?,29?,30?,31?,33+,34-/m1/s1. The molecule has 0 heterocycles. The SMILES string of the molecule is CC(C)CCC[C@@H](C)C1CCC2C3CC[C@H]4C[C@@H](OC(=O)c5ccccc5)CC[C@]4(C)C3CC[C@@]21C. The van der Waals surface area contributed by atoms with Crippen molar-refractivity contribution in [2.75, 3.05) is 0 Å². The highest BCUT2D eigenvalue weighted by Gasteiger charge is 2.60. The van der Waals surface area contributed by atoms with Gasteiger partial charge in [0, 0.05) is 0 Å². The average molecular weight is 493 g/mol. The van der Waals surface area contributed by atoms with E-state index in [-0.39, 0.29) is 12.1 Å². The summed E-state index contributed by atoms with van der Waals surface area (Å²) in [5.74, 6) is 6.01. The Morgan fingerprint density at radius 1 is 0.889 bits per heavy atom. The summed E-state index contributed by atoms with van der Waals surface area (Å²) in [7, 11) is 0. The molecule has 36 heavy (non-hydrogen) atoms. The van der Waals surface area contributed by atoms with Gasteiger partial charge >= 0.3 is 5.97 Å². The first-order valence-corrected chi connectivity index (χ1v) is 15.5. The lowest BCUT2D eigenvalue weighted by molar-refractivity contribution is -0.130. The highest BCUT2D eigenvalue weighted by molar-refractivity contribution is 5.89. The van der Waals surface area contributed by atoms with E-state index in [0.717, 1.165) is 54.3 Å². The van der Waals surface area contributed by atoms with E-state index in [2.05, 4.69) is 34.6 Å². The smallest absolute Gasteiger partial charge is 0.338 e. The Balaban J connectivity index is 1.22. The lowest BCUT2D eigenvalue weighted by Crippen LogP contribution is -2.54. The van der Waals surface area contributed by atoms with E-state index in [1.54, 1.807) is 0 Å². The Labute approximate surface area is 221 Å². The second kappa shape index (κ2) is 10.5. The van der Waals surface area contributed by atoms with Gasteiger partial charge in [-0.15, -0.1) is 0 Å². The molecule has 0 N–H and O–H groups in total. The van der Waals surface area contributed by atoms with E-state index in [1.807, 2.05) is 30.3 Å². The third-order valence-electron chi connectivity index (χ3n) is 12.1. The van der Waals surface area contributed by atoms with Crippen LogP contribution >= 0.6 is 0 Å². The van der Waals surface area contributed by atoms with Crippen molar-refractivity contribution < 1.29 is 9.53 Å². The minimum atomic E-state index is -0.133. The van der Waals surface area contributed by atoms with Gasteiger partial charge in [0.15, 0.2) is 0 Å². The molecule has 0 aromatic heterocycles. The lowest BCUT2D eigenvalue weighted by atomic mass is 9.44. The van der Waals surface area contributed by atoms with Gasteiger partial charge in [0.1, 0.15) is 6.10 Å². The lowest BCUT2D eigenvalue weighted by Gasteiger charge is -2.61. The van der Waals surface area contributed by atoms with Crippen molar-refractivity contribution in [1.29, 1.82) is 0 Å². The summed E-state index contributed by atoms with van der Waals surface area (Å²) in [4.78, 5) is 12.7. The number of carbonyl (C=O) groups excluding carboxylic acids is 1. The summed E-state index contributed by atoms with van der Waals surface area (Å²) < 4.78 is 6.04. The van der Waals surface area contributed by atoms with Gasteiger partial charge in [-0.05, 0) is 122 Å². The van der Waals surface area contributed by atoms with Crippen LogP contribution in [-0.4, -0.2) is 12.1 Å². The number of carbonyl (C=O) groups is 1. The molecule has 0 spiro atoms. The van der Waals surface area contributed by atoms with Crippen LogP contribution in [0.15, 0.2) is 30.3 Å². The largest absolute Gasteiger partial charge is 0.459 e. The molecule has 0 saturated heterocycles. The summed E-state index contributed by atoms with van der Waals surface area (Å²) in [6.07, 6.45) is 16.3. The quantitative estimate of drug-likeness (QED) is 0.354. The Morgan fingerprint density at radius 3 is 2.36 bits per heavy atom. The fourth-order valence-electron chi connectivity index (χ4n) is 10.1. The van der Waals surface area contributed by atoms with Gasteiger partial charge in [0.25, 0.3) is 0 Å². The van der Waals surface area contributed by atoms with Crippen molar-refractivity contribution in [3.8, 4) is 0 Å². The molecule has 1 aromatic carbocycles. The highest BCUT2D eigenvalue weighted by atomic mass is 16.5. The van der Waals surface area contributed by atoms with E-state index >= 15 is 0 Å². The molecule has 0 aliphatic heterocycles. The van der Waals surface area contributed by atoms with Crippen molar-refractivity contribution in [2.45, 2.75) is 118 Å². The Bertz CT molecular complexity index is 892. The van der Waals surface area contributed by atoms with Gasteiger partial charge < -0.3 is 4.74 Å².